The number of amides is 1. The van der Waals surface area contributed by atoms with Gasteiger partial charge in [-0.3, -0.25) is 4.79 Å². The highest BCUT2D eigenvalue weighted by molar-refractivity contribution is 5.85. The number of rotatable bonds is 1. The molecule has 4 nitrogen and oxygen atoms in total. The van der Waals surface area contributed by atoms with Gasteiger partial charge in [0, 0.05) is 19.6 Å². The number of hydrogen-bond donors (Lipinski definition) is 1. The lowest BCUT2D eigenvalue weighted by Gasteiger charge is -2.34. The van der Waals surface area contributed by atoms with E-state index < -0.39 is 0 Å². The summed E-state index contributed by atoms with van der Waals surface area (Å²) < 4.78 is 5.31. The summed E-state index contributed by atoms with van der Waals surface area (Å²) in [4.78, 5) is 14.1. The van der Waals surface area contributed by atoms with E-state index in [1.165, 1.54) is 6.42 Å². The monoisotopic (exact) mass is 248 g/mol. The summed E-state index contributed by atoms with van der Waals surface area (Å²) in [5.41, 5.74) is 0. The van der Waals surface area contributed by atoms with Gasteiger partial charge >= 0.3 is 0 Å². The summed E-state index contributed by atoms with van der Waals surface area (Å²) in [5.74, 6) is 0.869. The molecule has 2 atom stereocenters. The van der Waals surface area contributed by atoms with Crippen molar-refractivity contribution < 1.29 is 9.53 Å². The molecule has 2 aliphatic rings. The minimum Gasteiger partial charge on any atom is -0.378 e. The standard InChI is InChI=1S/C11H20N2O2.ClH/c1-9-3-2-5-13(7-9)11(14)10-8-15-6-4-12-10;/h9-10,12H,2-8H2,1H3;1H. The zero-order chi connectivity index (χ0) is 10.7. The Bertz CT molecular complexity index is 232. The summed E-state index contributed by atoms with van der Waals surface area (Å²) in [7, 11) is 0. The van der Waals surface area contributed by atoms with Crippen LogP contribution >= 0.6 is 12.4 Å². The van der Waals surface area contributed by atoms with Crippen LogP contribution in [0.5, 0.6) is 0 Å². The molecule has 5 heteroatoms. The lowest BCUT2D eigenvalue weighted by Crippen LogP contribution is -2.54. The molecule has 1 N–H and O–H groups in total. The van der Waals surface area contributed by atoms with Crippen molar-refractivity contribution >= 4 is 18.3 Å². The second-order valence-corrected chi connectivity index (χ2v) is 4.61. The molecule has 0 aromatic rings. The molecule has 16 heavy (non-hydrogen) atoms. The van der Waals surface area contributed by atoms with Gasteiger partial charge in [-0.15, -0.1) is 12.4 Å². The number of carbonyl (C=O) groups is 1. The van der Waals surface area contributed by atoms with E-state index >= 15 is 0 Å². The zero-order valence-corrected chi connectivity index (χ0v) is 10.6. The van der Waals surface area contributed by atoms with Gasteiger partial charge in [0.1, 0.15) is 6.04 Å². The molecule has 2 aliphatic heterocycles. The van der Waals surface area contributed by atoms with Gasteiger partial charge in [-0.05, 0) is 18.8 Å². The van der Waals surface area contributed by atoms with Crippen LogP contribution in [0.4, 0.5) is 0 Å². The molecular formula is C11H21ClN2O2. The molecule has 0 radical (unpaired) electrons. The summed E-state index contributed by atoms with van der Waals surface area (Å²) in [6.45, 7) is 6.09. The lowest BCUT2D eigenvalue weighted by molar-refractivity contribution is -0.138. The molecule has 2 fully saturated rings. The zero-order valence-electron chi connectivity index (χ0n) is 9.78. The second-order valence-electron chi connectivity index (χ2n) is 4.61. The highest BCUT2D eigenvalue weighted by Crippen LogP contribution is 2.16. The summed E-state index contributed by atoms with van der Waals surface area (Å²) in [6.07, 6.45) is 2.39. The van der Waals surface area contributed by atoms with Crippen molar-refractivity contribution in [3.05, 3.63) is 0 Å². The Morgan fingerprint density at radius 3 is 2.94 bits per heavy atom. The Labute approximate surface area is 103 Å². The van der Waals surface area contributed by atoms with E-state index in [4.69, 9.17) is 4.74 Å². The number of hydrogen-bond acceptors (Lipinski definition) is 3. The van der Waals surface area contributed by atoms with Crippen LogP contribution in [0.3, 0.4) is 0 Å². The van der Waals surface area contributed by atoms with Gasteiger partial charge in [0.25, 0.3) is 0 Å². The number of nitrogens with one attached hydrogen (secondary N) is 1. The topological polar surface area (TPSA) is 41.6 Å². The number of halogens is 1. The SMILES string of the molecule is CC1CCCN(C(=O)C2COCCN2)C1.Cl. The molecule has 1 amide bonds. The van der Waals surface area contributed by atoms with Gasteiger partial charge in [-0.1, -0.05) is 6.92 Å². The molecule has 0 saturated carbocycles. The van der Waals surface area contributed by atoms with Crippen LogP contribution in [0.15, 0.2) is 0 Å². The molecule has 2 unspecified atom stereocenters. The lowest BCUT2D eigenvalue weighted by atomic mass is 9.99. The number of likely N-dealkylation sites (tertiary alicyclic amines) is 1. The van der Waals surface area contributed by atoms with E-state index in [-0.39, 0.29) is 24.4 Å². The highest BCUT2D eigenvalue weighted by atomic mass is 35.5. The van der Waals surface area contributed by atoms with E-state index in [0.29, 0.717) is 12.5 Å². The van der Waals surface area contributed by atoms with Crippen LogP contribution in [-0.2, 0) is 9.53 Å². The normalized spacial score (nSPS) is 30.7. The molecule has 0 aromatic carbocycles. The van der Waals surface area contributed by atoms with Crippen LogP contribution in [0.25, 0.3) is 0 Å². The smallest absolute Gasteiger partial charge is 0.242 e. The maximum Gasteiger partial charge on any atom is 0.242 e. The summed E-state index contributed by atoms with van der Waals surface area (Å²) in [6, 6.07) is -0.107. The third-order valence-corrected chi connectivity index (χ3v) is 3.19. The van der Waals surface area contributed by atoms with E-state index in [9.17, 15) is 4.79 Å². The first-order valence-corrected chi connectivity index (χ1v) is 5.87. The Morgan fingerprint density at radius 2 is 2.31 bits per heavy atom. The fourth-order valence-corrected chi connectivity index (χ4v) is 2.33. The van der Waals surface area contributed by atoms with E-state index in [2.05, 4.69) is 12.2 Å². The largest absolute Gasteiger partial charge is 0.378 e. The Hall–Kier alpha value is -0.320. The van der Waals surface area contributed by atoms with Crippen LogP contribution in [-0.4, -0.2) is 49.7 Å². The van der Waals surface area contributed by atoms with E-state index in [0.717, 1.165) is 32.7 Å². The van der Waals surface area contributed by atoms with Gasteiger partial charge in [0.2, 0.25) is 5.91 Å². The molecule has 0 aliphatic carbocycles. The average molecular weight is 249 g/mol. The maximum atomic E-state index is 12.1. The van der Waals surface area contributed by atoms with E-state index in [1.54, 1.807) is 0 Å². The molecule has 2 saturated heterocycles. The van der Waals surface area contributed by atoms with Crippen LogP contribution in [0.1, 0.15) is 19.8 Å². The first-order valence-electron chi connectivity index (χ1n) is 5.87. The van der Waals surface area contributed by atoms with Crippen molar-refractivity contribution in [2.75, 3.05) is 32.8 Å². The van der Waals surface area contributed by atoms with Crippen LogP contribution in [0.2, 0.25) is 0 Å². The van der Waals surface area contributed by atoms with Crippen molar-refractivity contribution in [1.29, 1.82) is 0 Å². The first-order chi connectivity index (χ1) is 7.27. The molecule has 2 rings (SSSR count). The van der Waals surface area contributed by atoms with Gasteiger partial charge in [0.15, 0.2) is 0 Å². The van der Waals surface area contributed by atoms with Crippen molar-refractivity contribution in [2.45, 2.75) is 25.8 Å². The molecule has 94 valence electrons. The molecule has 0 bridgehead atoms. The number of nitrogens with zero attached hydrogens (tertiary/aromatic N) is 1. The summed E-state index contributed by atoms with van der Waals surface area (Å²) >= 11 is 0. The number of carbonyl (C=O) groups excluding carboxylic acids is 1. The van der Waals surface area contributed by atoms with Crippen LogP contribution < -0.4 is 5.32 Å². The predicted molar refractivity (Wildman–Crippen MR) is 64.8 cm³/mol. The van der Waals surface area contributed by atoms with Gasteiger partial charge in [-0.25, -0.2) is 0 Å². The van der Waals surface area contributed by atoms with Crippen LogP contribution in [0, 0.1) is 5.92 Å². The minimum absolute atomic E-state index is 0. The molecule has 0 aromatic heterocycles. The average Bonchev–Trinajstić information content (AvgIpc) is 2.29. The second kappa shape index (κ2) is 6.42. The van der Waals surface area contributed by atoms with Gasteiger partial charge in [0.05, 0.1) is 13.2 Å². The number of ether oxygens (including phenoxy) is 1. The van der Waals surface area contributed by atoms with E-state index in [1.807, 2.05) is 4.90 Å². The Kier molecular flexibility index (Phi) is 5.52. The third-order valence-electron chi connectivity index (χ3n) is 3.19. The molecule has 0 spiro atoms. The predicted octanol–water partition coefficient (Wildman–Crippen LogP) is 0.655. The first kappa shape index (κ1) is 13.7. The fraction of sp³-hybridized carbons (Fsp3) is 0.909. The molecule has 2 heterocycles. The van der Waals surface area contributed by atoms with Crippen molar-refractivity contribution in [2.24, 2.45) is 5.92 Å². The maximum absolute atomic E-state index is 12.1. The van der Waals surface area contributed by atoms with Gasteiger partial charge in [-0.2, -0.15) is 0 Å². The Balaban J connectivity index is 0.00000128. The third kappa shape index (κ3) is 3.34. The van der Waals surface area contributed by atoms with Gasteiger partial charge < -0.3 is 15.0 Å². The minimum atomic E-state index is -0.107. The highest BCUT2D eigenvalue weighted by Gasteiger charge is 2.28. The number of morpholine rings is 1. The molecular weight excluding hydrogens is 228 g/mol. The summed E-state index contributed by atoms with van der Waals surface area (Å²) in [5, 5.41) is 3.21. The quantitative estimate of drug-likeness (QED) is 0.741. The number of piperidine rings is 1. The van der Waals surface area contributed by atoms with Crippen molar-refractivity contribution in [1.82, 2.24) is 10.2 Å². The van der Waals surface area contributed by atoms with Crippen molar-refractivity contribution in [3.63, 3.8) is 0 Å². The Morgan fingerprint density at radius 1 is 1.50 bits per heavy atom. The fourth-order valence-electron chi connectivity index (χ4n) is 2.33. The van der Waals surface area contributed by atoms with Crippen molar-refractivity contribution in [3.8, 4) is 0 Å².